The zero-order chi connectivity index (χ0) is 26.9. The summed E-state index contributed by atoms with van der Waals surface area (Å²) in [6.07, 6.45) is 1.54. The highest BCUT2D eigenvalue weighted by atomic mass is 16.5. The fourth-order valence-electron chi connectivity index (χ4n) is 4.99. The molecular formula is C28H28N4O6. The zero-order valence-corrected chi connectivity index (χ0v) is 21.1. The molecule has 1 aromatic heterocycles. The van der Waals surface area contributed by atoms with Crippen LogP contribution in [0.5, 0.6) is 0 Å². The van der Waals surface area contributed by atoms with Gasteiger partial charge >= 0.3 is 6.03 Å². The number of amides is 4. The Kier molecular flexibility index (Phi) is 6.73. The largest absolute Gasteiger partial charge is 0.467 e. The monoisotopic (exact) mass is 516 g/mol. The minimum Gasteiger partial charge on any atom is -0.467 e. The summed E-state index contributed by atoms with van der Waals surface area (Å²) in [6, 6.07) is 17.2. The van der Waals surface area contributed by atoms with Gasteiger partial charge in [-0.05, 0) is 42.3 Å². The average Bonchev–Trinajstić information content (AvgIpc) is 3.63. The summed E-state index contributed by atoms with van der Waals surface area (Å²) in [6.45, 7) is 1.74. The number of anilines is 1. The van der Waals surface area contributed by atoms with Crippen LogP contribution in [0, 0.1) is 0 Å². The number of carbonyl (C=O) groups excluding carboxylic acids is 4. The van der Waals surface area contributed by atoms with Crippen molar-refractivity contribution in [2.24, 2.45) is 0 Å². The third-order valence-corrected chi connectivity index (χ3v) is 7.00. The third-order valence-electron chi connectivity index (χ3n) is 7.00. The number of nitrogens with zero attached hydrogens (tertiary/aromatic N) is 2. The molecule has 4 amide bonds. The molecule has 10 nitrogen and oxygen atoms in total. The van der Waals surface area contributed by atoms with Gasteiger partial charge in [0.05, 0.1) is 12.3 Å². The summed E-state index contributed by atoms with van der Waals surface area (Å²) in [5, 5.41) is 5.13. The molecule has 3 aromatic rings. The van der Waals surface area contributed by atoms with Gasteiger partial charge in [-0.2, -0.15) is 0 Å². The molecule has 1 aliphatic carbocycles. The normalized spacial score (nSPS) is 18.9. The predicted octanol–water partition coefficient (Wildman–Crippen LogP) is 2.96. The Morgan fingerprint density at radius 2 is 1.89 bits per heavy atom. The van der Waals surface area contributed by atoms with Crippen LogP contribution >= 0.6 is 0 Å². The van der Waals surface area contributed by atoms with E-state index in [1.807, 2.05) is 37.3 Å². The molecular weight excluding hydrogens is 488 g/mol. The summed E-state index contributed by atoms with van der Waals surface area (Å²) in [7, 11) is 1.50. The molecule has 1 aliphatic heterocycles. The Balaban J connectivity index is 1.37. The minimum atomic E-state index is -1.78. The standard InChI is InChI=1S/C28H28N4O6/c1-18(23-9-6-12-37-23)32(15-19-7-4-3-5-8-19)25(34)16-31-17-38-28(26(31)35)22-11-10-21(30-27(36)29-2)13-20(22)14-24(28)33/h3-13,18H,14-17H2,1-2H3,(H2,29,30,36)/t18?,28-/m1/s1. The van der Waals surface area contributed by atoms with E-state index in [2.05, 4.69) is 10.6 Å². The topological polar surface area (TPSA) is 121 Å². The Hall–Kier alpha value is -4.44. The SMILES string of the molecule is CNC(=O)Nc1ccc2c(c1)CC(=O)[C@]21OCN(CC(=O)N(Cc2ccccc2)C(C)c2ccco2)C1=O. The number of rotatable bonds is 7. The lowest BCUT2D eigenvalue weighted by Crippen LogP contribution is -2.46. The van der Waals surface area contributed by atoms with Gasteiger partial charge in [-0.15, -0.1) is 0 Å². The van der Waals surface area contributed by atoms with Gasteiger partial charge in [0.2, 0.25) is 11.5 Å². The lowest BCUT2D eigenvalue weighted by atomic mass is 9.94. The molecule has 0 radical (unpaired) electrons. The van der Waals surface area contributed by atoms with Crippen molar-refractivity contribution in [2.75, 3.05) is 25.6 Å². The van der Waals surface area contributed by atoms with Crippen LogP contribution in [-0.2, 0) is 37.7 Å². The fraction of sp³-hybridized carbons (Fsp3) is 0.286. The number of hydrogen-bond acceptors (Lipinski definition) is 6. The second-order valence-electron chi connectivity index (χ2n) is 9.33. The zero-order valence-electron chi connectivity index (χ0n) is 21.1. The van der Waals surface area contributed by atoms with E-state index in [0.717, 1.165) is 5.56 Å². The number of ketones is 1. The number of urea groups is 1. The lowest BCUT2D eigenvalue weighted by molar-refractivity contribution is -0.149. The number of furan rings is 1. The smallest absolute Gasteiger partial charge is 0.318 e. The lowest BCUT2D eigenvalue weighted by Gasteiger charge is -2.30. The predicted molar refractivity (Wildman–Crippen MR) is 137 cm³/mol. The number of ether oxygens (including phenoxy) is 1. The van der Waals surface area contributed by atoms with Crippen LogP contribution in [0.4, 0.5) is 10.5 Å². The number of Topliss-reactive ketones (excluding diaryl/α,β-unsaturated/α-hetero) is 1. The maximum absolute atomic E-state index is 13.6. The number of carbonyl (C=O) groups is 4. The van der Waals surface area contributed by atoms with Crippen LogP contribution < -0.4 is 10.6 Å². The first-order chi connectivity index (χ1) is 18.3. The first kappa shape index (κ1) is 25.2. The molecule has 38 heavy (non-hydrogen) atoms. The second kappa shape index (κ2) is 10.1. The molecule has 2 atom stereocenters. The van der Waals surface area contributed by atoms with Crippen molar-refractivity contribution < 1.29 is 28.3 Å². The summed E-state index contributed by atoms with van der Waals surface area (Å²) >= 11 is 0. The van der Waals surface area contributed by atoms with Crippen LogP contribution in [0.2, 0.25) is 0 Å². The molecule has 5 rings (SSSR count). The third kappa shape index (κ3) is 4.43. The quantitative estimate of drug-likeness (QED) is 0.466. The molecule has 196 valence electrons. The average molecular weight is 517 g/mol. The molecule has 1 unspecified atom stereocenters. The van der Waals surface area contributed by atoms with Gasteiger partial charge in [0, 0.05) is 31.3 Å². The number of benzene rings is 2. The van der Waals surface area contributed by atoms with Gasteiger partial charge in [-0.3, -0.25) is 14.4 Å². The van der Waals surface area contributed by atoms with E-state index >= 15 is 0 Å². The van der Waals surface area contributed by atoms with Crippen LogP contribution in [0.3, 0.4) is 0 Å². The van der Waals surface area contributed by atoms with Gasteiger partial charge in [0.1, 0.15) is 19.0 Å². The van der Waals surface area contributed by atoms with Crippen molar-refractivity contribution in [1.82, 2.24) is 15.1 Å². The fourth-order valence-corrected chi connectivity index (χ4v) is 4.99. The van der Waals surface area contributed by atoms with Crippen molar-refractivity contribution >= 4 is 29.3 Å². The minimum absolute atomic E-state index is 0.0121. The van der Waals surface area contributed by atoms with Gasteiger partial charge in [0.25, 0.3) is 5.91 Å². The Morgan fingerprint density at radius 1 is 1.11 bits per heavy atom. The number of nitrogens with one attached hydrogen (secondary N) is 2. The summed E-state index contributed by atoms with van der Waals surface area (Å²) in [5.74, 6) is -0.639. The Labute approximate surface area is 219 Å². The highest BCUT2D eigenvalue weighted by molar-refractivity contribution is 6.15. The van der Waals surface area contributed by atoms with Crippen molar-refractivity contribution in [3.8, 4) is 0 Å². The maximum Gasteiger partial charge on any atom is 0.318 e. The van der Waals surface area contributed by atoms with E-state index < -0.39 is 23.3 Å². The molecule has 1 fully saturated rings. The van der Waals surface area contributed by atoms with Crippen LogP contribution in [0.15, 0.2) is 71.3 Å². The van der Waals surface area contributed by atoms with Crippen LogP contribution in [0.25, 0.3) is 0 Å². The Morgan fingerprint density at radius 3 is 2.61 bits per heavy atom. The van der Waals surface area contributed by atoms with Gasteiger partial charge in [0.15, 0.2) is 5.78 Å². The van der Waals surface area contributed by atoms with E-state index in [9.17, 15) is 19.2 Å². The highest BCUT2D eigenvalue weighted by Gasteiger charge is 2.59. The summed E-state index contributed by atoms with van der Waals surface area (Å²) in [5.41, 5.74) is 0.685. The van der Waals surface area contributed by atoms with Crippen LogP contribution in [-0.4, -0.2) is 53.8 Å². The van der Waals surface area contributed by atoms with Gasteiger partial charge < -0.3 is 29.6 Å². The van der Waals surface area contributed by atoms with Crippen molar-refractivity contribution in [3.63, 3.8) is 0 Å². The molecule has 10 heteroatoms. The first-order valence-electron chi connectivity index (χ1n) is 12.3. The molecule has 1 saturated heterocycles. The Bertz CT molecular complexity index is 1370. The van der Waals surface area contributed by atoms with E-state index in [4.69, 9.17) is 9.15 Å². The molecule has 1 spiro atoms. The summed E-state index contributed by atoms with van der Waals surface area (Å²) < 4.78 is 11.4. The second-order valence-corrected chi connectivity index (χ2v) is 9.33. The molecule has 2 aromatic carbocycles. The van der Waals surface area contributed by atoms with Gasteiger partial charge in [-0.25, -0.2) is 4.79 Å². The van der Waals surface area contributed by atoms with E-state index in [-0.39, 0.29) is 31.6 Å². The van der Waals surface area contributed by atoms with Crippen molar-refractivity contribution in [2.45, 2.75) is 31.5 Å². The number of hydrogen-bond donors (Lipinski definition) is 2. The molecule has 0 bridgehead atoms. The maximum atomic E-state index is 13.6. The highest BCUT2D eigenvalue weighted by Crippen LogP contribution is 2.43. The van der Waals surface area contributed by atoms with Crippen molar-refractivity contribution in [1.29, 1.82) is 0 Å². The van der Waals surface area contributed by atoms with E-state index in [1.165, 1.54) is 11.9 Å². The van der Waals surface area contributed by atoms with E-state index in [0.29, 0.717) is 29.1 Å². The first-order valence-corrected chi connectivity index (χ1v) is 12.3. The van der Waals surface area contributed by atoms with Gasteiger partial charge in [-0.1, -0.05) is 36.4 Å². The van der Waals surface area contributed by atoms with Crippen LogP contribution in [0.1, 0.15) is 35.4 Å². The van der Waals surface area contributed by atoms with Crippen molar-refractivity contribution in [3.05, 3.63) is 89.4 Å². The summed E-state index contributed by atoms with van der Waals surface area (Å²) in [4.78, 5) is 55.0. The molecule has 2 heterocycles. The molecule has 2 aliphatic rings. The molecule has 0 saturated carbocycles. The van der Waals surface area contributed by atoms with E-state index in [1.54, 1.807) is 41.5 Å². The number of fused-ring (bicyclic) bond motifs is 2. The molecule has 2 N–H and O–H groups in total.